The Kier molecular flexibility index (Phi) is 4.44. The van der Waals surface area contributed by atoms with Gasteiger partial charge in [0.15, 0.2) is 11.5 Å². The van der Waals surface area contributed by atoms with E-state index in [2.05, 4.69) is 10.6 Å². The van der Waals surface area contributed by atoms with Crippen molar-refractivity contribution in [1.82, 2.24) is 5.32 Å². The van der Waals surface area contributed by atoms with Gasteiger partial charge in [-0.05, 0) is 55.2 Å². The van der Waals surface area contributed by atoms with E-state index in [4.69, 9.17) is 21.1 Å². The van der Waals surface area contributed by atoms with Crippen LogP contribution >= 0.6 is 11.6 Å². The van der Waals surface area contributed by atoms with E-state index in [0.717, 1.165) is 11.1 Å². The average Bonchev–Trinajstić information content (AvgIpc) is 3.34. The van der Waals surface area contributed by atoms with Gasteiger partial charge in [0.05, 0.1) is 0 Å². The zero-order valence-electron chi connectivity index (χ0n) is 14.8. The molecule has 0 unspecified atom stereocenters. The first-order valence-electron chi connectivity index (χ1n) is 8.72. The topological polar surface area (TPSA) is 76.7 Å². The van der Waals surface area contributed by atoms with Crippen LogP contribution in [0.4, 0.5) is 5.69 Å². The molecular weight excluding hydrogens is 368 g/mol. The number of rotatable bonds is 5. The van der Waals surface area contributed by atoms with Crippen LogP contribution in [0.25, 0.3) is 0 Å². The molecule has 140 valence electrons. The molecule has 1 heterocycles. The Morgan fingerprint density at radius 2 is 1.85 bits per heavy atom. The number of ether oxygens (including phenoxy) is 2. The van der Waals surface area contributed by atoms with Gasteiger partial charge in [0.25, 0.3) is 0 Å². The van der Waals surface area contributed by atoms with Gasteiger partial charge in [-0.25, -0.2) is 0 Å². The lowest BCUT2D eigenvalue weighted by atomic mass is 10.0. The molecule has 7 heteroatoms. The van der Waals surface area contributed by atoms with Gasteiger partial charge >= 0.3 is 0 Å². The van der Waals surface area contributed by atoms with Crippen LogP contribution in [0.2, 0.25) is 5.02 Å². The minimum absolute atomic E-state index is 0.206. The lowest BCUT2D eigenvalue weighted by Crippen LogP contribution is -2.39. The van der Waals surface area contributed by atoms with Crippen molar-refractivity contribution < 1.29 is 19.1 Å². The van der Waals surface area contributed by atoms with E-state index in [0.29, 0.717) is 41.6 Å². The molecule has 1 fully saturated rings. The van der Waals surface area contributed by atoms with Gasteiger partial charge in [-0.1, -0.05) is 23.7 Å². The van der Waals surface area contributed by atoms with Gasteiger partial charge in [-0.2, -0.15) is 0 Å². The molecule has 0 aromatic heterocycles. The molecule has 2 aliphatic rings. The fourth-order valence-electron chi connectivity index (χ4n) is 3.01. The zero-order valence-corrected chi connectivity index (χ0v) is 15.6. The summed E-state index contributed by atoms with van der Waals surface area (Å²) in [5, 5.41) is 6.24. The van der Waals surface area contributed by atoms with E-state index < -0.39 is 5.41 Å². The highest BCUT2D eigenvalue weighted by molar-refractivity contribution is 6.31. The Morgan fingerprint density at radius 3 is 2.59 bits per heavy atom. The maximum atomic E-state index is 12.6. The summed E-state index contributed by atoms with van der Waals surface area (Å²) in [5.41, 5.74) is 1.39. The standard InChI is InChI=1S/C20H19ClN2O4/c1-12-2-4-14(9-15(12)21)23-19(25)20(6-7-20)18(24)22-10-13-3-5-16-17(8-13)27-11-26-16/h2-5,8-9H,6-7,10-11H2,1H3,(H,22,24)(H,23,25). The van der Waals surface area contributed by atoms with E-state index in [1.165, 1.54) is 0 Å². The van der Waals surface area contributed by atoms with Crippen LogP contribution in [0.15, 0.2) is 36.4 Å². The molecule has 27 heavy (non-hydrogen) atoms. The van der Waals surface area contributed by atoms with Crippen LogP contribution in [0, 0.1) is 12.3 Å². The van der Waals surface area contributed by atoms with E-state index in [-0.39, 0.29) is 18.6 Å². The van der Waals surface area contributed by atoms with Crippen molar-refractivity contribution >= 4 is 29.1 Å². The number of carbonyl (C=O) groups excluding carboxylic acids is 2. The number of hydrogen-bond acceptors (Lipinski definition) is 4. The normalized spacial score (nSPS) is 15.9. The van der Waals surface area contributed by atoms with Gasteiger partial charge in [0.1, 0.15) is 5.41 Å². The number of anilines is 1. The van der Waals surface area contributed by atoms with Gasteiger partial charge in [0.2, 0.25) is 18.6 Å². The minimum Gasteiger partial charge on any atom is -0.454 e. The molecule has 0 atom stereocenters. The molecule has 6 nitrogen and oxygen atoms in total. The number of amides is 2. The number of benzene rings is 2. The van der Waals surface area contributed by atoms with Crippen LogP contribution in [-0.4, -0.2) is 18.6 Å². The van der Waals surface area contributed by atoms with E-state index >= 15 is 0 Å². The largest absolute Gasteiger partial charge is 0.454 e. The quantitative estimate of drug-likeness (QED) is 0.772. The zero-order chi connectivity index (χ0) is 19.0. The van der Waals surface area contributed by atoms with E-state index in [1.807, 2.05) is 31.2 Å². The highest BCUT2D eigenvalue weighted by Crippen LogP contribution is 2.47. The molecule has 1 saturated carbocycles. The van der Waals surface area contributed by atoms with Crippen molar-refractivity contribution in [3.8, 4) is 11.5 Å². The second-order valence-corrected chi connectivity index (χ2v) is 7.28. The van der Waals surface area contributed by atoms with Gasteiger partial charge in [-0.3, -0.25) is 9.59 Å². The predicted molar refractivity (Wildman–Crippen MR) is 101 cm³/mol. The second-order valence-electron chi connectivity index (χ2n) is 6.87. The highest BCUT2D eigenvalue weighted by atomic mass is 35.5. The summed E-state index contributed by atoms with van der Waals surface area (Å²) in [7, 11) is 0. The first-order valence-corrected chi connectivity index (χ1v) is 9.10. The van der Waals surface area contributed by atoms with Crippen LogP contribution in [0.1, 0.15) is 24.0 Å². The first-order chi connectivity index (χ1) is 13.0. The Hall–Kier alpha value is -2.73. The summed E-state index contributed by atoms with van der Waals surface area (Å²) < 4.78 is 10.6. The van der Waals surface area contributed by atoms with Gasteiger partial charge in [0, 0.05) is 17.3 Å². The molecule has 2 aromatic carbocycles. The molecular formula is C20H19ClN2O4. The molecule has 1 aliphatic heterocycles. The maximum absolute atomic E-state index is 12.6. The number of nitrogens with one attached hydrogen (secondary N) is 2. The summed E-state index contributed by atoms with van der Waals surface area (Å²) in [6.45, 7) is 2.41. The summed E-state index contributed by atoms with van der Waals surface area (Å²) >= 11 is 6.10. The van der Waals surface area contributed by atoms with Crippen molar-refractivity contribution in [3.05, 3.63) is 52.5 Å². The maximum Gasteiger partial charge on any atom is 0.240 e. The third kappa shape index (κ3) is 3.45. The Labute approximate surface area is 161 Å². The highest BCUT2D eigenvalue weighted by Gasteiger charge is 2.56. The monoisotopic (exact) mass is 386 g/mol. The van der Waals surface area contributed by atoms with E-state index in [1.54, 1.807) is 12.1 Å². The molecule has 1 aliphatic carbocycles. The molecule has 4 rings (SSSR count). The Balaban J connectivity index is 1.38. The number of halogens is 1. The van der Waals surface area contributed by atoms with E-state index in [9.17, 15) is 9.59 Å². The lowest BCUT2D eigenvalue weighted by molar-refractivity contribution is -0.134. The minimum atomic E-state index is -1.01. The number of carbonyl (C=O) groups is 2. The number of fused-ring (bicyclic) bond motifs is 1. The fraction of sp³-hybridized carbons (Fsp3) is 0.300. The van der Waals surface area contributed by atoms with Gasteiger partial charge < -0.3 is 20.1 Å². The van der Waals surface area contributed by atoms with Crippen LogP contribution in [0.5, 0.6) is 11.5 Å². The lowest BCUT2D eigenvalue weighted by Gasteiger charge is -2.16. The molecule has 2 amide bonds. The SMILES string of the molecule is Cc1ccc(NC(=O)C2(C(=O)NCc3ccc4c(c3)OCO4)CC2)cc1Cl. The molecule has 2 N–H and O–H groups in total. The van der Waals surface area contributed by atoms with Gasteiger partial charge in [-0.15, -0.1) is 0 Å². The number of aryl methyl sites for hydroxylation is 1. The Morgan fingerprint density at radius 1 is 1.07 bits per heavy atom. The molecule has 0 saturated heterocycles. The third-order valence-corrected chi connectivity index (χ3v) is 5.35. The van der Waals surface area contributed by atoms with Crippen LogP contribution in [-0.2, 0) is 16.1 Å². The summed E-state index contributed by atoms with van der Waals surface area (Å²) in [4.78, 5) is 25.3. The fourth-order valence-corrected chi connectivity index (χ4v) is 3.19. The van der Waals surface area contributed by atoms with Crippen molar-refractivity contribution in [2.75, 3.05) is 12.1 Å². The second kappa shape index (κ2) is 6.78. The van der Waals surface area contributed by atoms with Crippen LogP contribution < -0.4 is 20.1 Å². The smallest absolute Gasteiger partial charge is 0.240 e. The third-order valence-electron chi connectivity index (χ3n) is 4.94. The predicted octanol–water partition coefficient (Wildman–Crippen LogP) is 3.41. The molecule has 0 bridgehead atoms. The average molecular weight is 387 g/mol. The number of hydrogen-bond donors (Lipinski definition) is 2. The summed E-state index contributed by atoms with van der Waals surface area (Å²) in [6.07, 6.45) is 1.07. The van der Waals surface area contributed by atoms with Crippen molar-refractivity contribution in [1.29, 1.82) is 0 Å². The molecule has 0 radical (unpaired) electrons. The molecule has 2 aromatic rings. The Bertz CT molecular complexity index is 924. The van der Waals surface area contributed by atoms with Crippen LogP contribution in [0.3, 0.4) is 0 Å². The van der Waals surface area contributed by atoms with Crippen molar-refractivity contribution in [3.63, 3.8) is 0 Å². The summed E-state index contributed by atoms with van der Waals surface area (Å²) in [5.74, 6) is 0.790. The molecule has 0 spiro atoms. The van der Waals surface area contributed by atoms with Crippen molar-refractivity contribution in [2.45, 2.75) is 26.3 Å². The summed E-state index contributed by atoms with van der Waals surface area (Å²) in [6, 6.07) is 10.8. The first kappa shape index (κ1) is 17.7. The van der Waals surface area contributed by atoms with Crippen molar-refractivity contribution in [2.24, 2.45) is 5.41 Å².